The fraction of sp³-hybridized carbons (Fsp3) is 0.222. The van der Waals surface area contributed by atoms with Gasteiger partial charge < -0.3 is 10.3 Å². The van der Waals surface area contributed by atoms with Crippen LogP contribution >= 0.6 is 0 Å². The third-order valence-electron chi connectivity index (χ3n) is 2.05. The molecule has 0 bridgehead atoms. The van der Waals surface area contributed by atoms with Crippen molar-refractivity contribution in [1.82, 2.24) is 15.1 Å². The highest BCUT2D eigenvalue weighted by Crippen LogP contribution is 2.28. The van der Waals surface area contributed by atoms with Crippen molar-refractivity contribution < 1.29 is 4.52 Å². The van der Waals surface area contributed by atoms with Crippen molar-refractivity contribution >= 4 is 5.69 Å². The van der Waals surface area contributed by atoms with E-state index in [0.29, 0.717) is 11.4 Å². The largest absolute Gasteiger partial charge is 0.394 e. The second kappa shape index (κ2) is 3.10. The second-order valence-electron chi connectivity index (χ2n) is 3.03. The van der Waals surface area contributed by atoms with Gasteiger partial charge in [0.25, 0.3) is 0 Å². The maximum absolute atomic E-state index is 5.70. The van der Waals surface area contributed by atoms with Gasteiger partial charge in [0.15, 0.2) is 5.76 Å². The smallest absolute Gasteiger partial charge is 0.193 e. The fourth-order valence-electron chi connectivity index (χ4n) is 1.36. The monoisotopic (exact) mass is 190 g/mol. The van der Waals surface area contributed by atoms with Crippen LogP contribution in [0.15, 0.2) is 17.0 Å². The minimum atomic E-state index is 0.506. The molecule has 5 heteroatoms. The molecule has 14 heavy (non-hydrogen) atoms. The number of hydrogen-bond acceptors (Lipinski definition) is 5. The molecule has 72 valence electrons. The van der Waals surface area contributed by atoms with E-state index in [1.807, 2.05) is 13.8 Å². The molecular formula is C9H10N4O. The lowest BCUT2D eigenvalue weighted by molar-refractivity contribution is 0.431. The van der Waals surface area contributed by atoms with E-state index in [9.17, 15) is 0 Å². The van der Waals surface area contributed by atoms with Crippen LogP contribution in [-0.2, 0) is 0 Å². The van der Waals surface area contributed by atoms with Gasteiger partial charge in [-0.1, -0.05) is 5.16 Å². The lowest BCUT2D eigenvalue weighted by atomic mass is 10.1. The molecule has 0 aliphatic rings. The normalized spacial score (nSPS) is 10.4. The molecule has 0 unspecified atom stereocenters. The van der Waals surface area contributed by atoms with Gasteiger partial charge in [-0.3, -0.25) is 0 Å². The molecule has 0 saturated heterocycles. The van der Waals surface area contributed by atoms with Crippen molar-refractivity contribution in [3.63, 3.8) is 0 Å². The van der Waals surface area contributed by atoms with E-state index in [0.717, 1.165) is 17.0 Å². The van der Waals surface area contributed by atoms with Gasteiger partial charge in [0, 0.05) is 0 Å². The van der Waals surface area contributed by atoms with Gasteiger partial charge >= 0.3 is 0 Å². The van der Waals surface area contributed by atoms with E-state index >= 15 is 0 Å². The van der Waals surface area contributed by atoms with Gasteiger partial charge in [-0.2, -0.15) is 0 Å². The SMILES string of the molecule is Cc1ncnc(C)c1-c1oncc1N. The number of aromatic nitrogens is 3. The molecule has 0 amide bonds. The molecule has 0 atom stereocenters. The molecule has 2 rings (SSSR count). The molecule has 0 aromatic carbocycles. The van der Waals surface area contributed by atoms with Crippen LogP contribution < -0.4 is 5.73 Å². The summed E-state index contributed by atoms with van der Waals surface area (Å²) in [7, 11) is 0. The molecule has 2 heterocycles. The molecule has 0 aliphatic heterocycles. The first-order chi connectivity index (χ1) is 6.70. The summed E-state index contributed by atoms with van der Waals surface area (Å²) >= 11 is 0. The van der Waals surface area contributed by atoms with Crippen molar-refractivity contribution in [2.24, 2.45) is 0 Å². The lowest BCUT2D eigenvalue weighted by Gasteiger charge is -2.03. The number of nitrogens with zero attached hydrogens (tertiary/aromatic N) is 3. The van der Waals surface area contributed by atoms with Gasteiger partial charge in [-0.25, -0.2) is 9.97 Å². The lowest BCUT2D eigenvalue weighted by Crippen LogP contribution is -1.95. The molecule has 0 spiro atoms. The molecule has 2 aromatic rings. The standard InChI is InChI=1S/C9H10N4O/c1-5-8(6(2)12-4-11-5)9-7(10)3-13-14-9/h3-4H,10H2,1-2H3. The van der Waals surface area contributed by atoms with E-state index in [4.69, 9.17) is 10.3 Å². The van der Waals surface area contributed by atoms with E-state index < -0.39 is 0 Å². The molecule has 2 N–H and O–H groups in total. The van der Waals surface area contributed by atoms with Gasteiger partial charge in [0.05, 0.1) is 23.1 Å². The summed E-state index contributed by atoms with van der Waals surface area (Å²) in [4.78, 5) is 8.17. The summed E-state index contributed by atoms with van der Waals surface area (Å²) in [6.45, 7) is 3.76. The van der Waals surface area contributed by atoms with Gasteiger partial charge in [-0.05, 0) is 13.8 Å². The van der Waals surface area contributed by atoms with Crippen molar-refractivity contribution in [3.8, 4) is 11.3 Å². The number of nitrogen functional groups attached to an aromatic ring is 1. The summed E-state index contributed by atoms with van der Waals surface area (Å²) < 4.78 is 5.06. The van der Waals surface area contributed by atoms with Gasteiger partial charge in [-0.15, -0.1) is 0 Å². The number of aryl methyl sites for hydroxylation is 2. The third kappa shape index (κ3) is 1.22. The number of anilines is 1. The number of nitrogens with two attached hydrogens (primary N) is 1. The quantitative estimate of drug-likeness (QED) is 0.733. The van der Waals surface area contributed by atoms with Crippen molar-refractivity contribution in [3.05, 3.63) is 23.9 Å². The van der Waals surface area contributed by atoms with Gasteiger partial charge in [0.2, 0.25) is 0 Å². The first-order valence-electron chi connectivity index (χ1n) is 4.19. The Labute approximate surface area is 81.0 Å². The van der Waals surface area contributed by atoms with E-state index in [2.05, 4.69) is 15.1 Å². The average Bonchev–Trinajstić information content (AvgIpc) is 2.52. The highest BCUT2D eigenvalue weighted by Gasteiger charge is 2.14. The molecule has 2 aromatic heterocycles. The summed E-state index contributed by atoms with van der Waals surface area (Å²) in [5.41, 5.74) is 8.69. The van der Waals surface area contributed by atoms with Crippen LogP contribution in [0.5, 0.6) is 0 Å². The molecule has 0 aliphatic carbocycles. The predicted octanol–water partition coefficient (Wildman–Crippen LogP) is 1.33. The minimum Gasteiger partial charge on any atom is -0.394 e. The zero-order chi connectivity index (χ0) is 10.1. The van der Waals surface area contributed by atoms with Crippen LogP contribution in [0.3, 0.4) is 0 Å². The van der Waals surface area contributed by atoms with Crippen LogP contribution in [-0.4, -0.2) is 15.1 Å². The summed E-state index contributed by atoms with van der Waals surface area (Å²) in [6.07, 6.45) is 2.99. The molecular weight excluding hydrogens is 180 g/mol. The van der Waals surface area contributed by atoms with Crippen LogP contribution in [0, 0.1) is 13.8 Å². The van der Waals surface area contributed by atoms with Crippen molar-refractivity contribution in [1.29, 1.82) is 0 Å². The van der Waals surface area contributed by atoms with Crippen LogP contribution in [0.1, 0.15) is 11.4 Å². The van der Waals surface area contributed by atoms with E-state index in [1.54, 1.807) is 0 Å². The Hall–Kier alpha value is -1.91. The molecule has 0 radical (unpaired) electrons. The average molecular weight is 190 g/mol. The fourth-order valence-corrected chi connectivity index (χ4v) is 1.36. The van der Waals surface area contributed by atoms with E-state index in [1.165, 1.54) is 12.5 Å². The minimum absolute atomic E-state index is 0.506. The Balaban J connectivity index is 2.68. The molecule has 0 saturated carbocycles. The zero-order valence-corrected chi connectivity index (χ0v) is 7.98. The Morgan fingerprint density at radius 2 is 1.86 bits per heavy atom. The molecule has 5 nitrogen and oxygen atoms in total. The summed E-state index contributed by atoms with van der Waals surface area (Å²) in [5.74, 6) is 0.542. The van der Waals surface area contributed by atoms with Crippen LogP contribution in [0.4, 0.5) is 5.69 Å². The summed E-state index contributed by atoms with van der Waals surface area (Å²) in [5, 5.41) is 3.62. The Bertz CT molecular complexity index is 443. The predicted molar refractivity (Wildman–Crippen MR) is 51.4 cm³/mol. The number of rotatable bonds is 1. The van der Waals surface area contributed by atoms with Crippen LogP contribution in [0.2, 0.25) is 0 Å². The topological polar surface area (TPSA) is 77.8 Å². The maximum atomic E-state index is 5.70. The highest BCUT2D eigenvalue weighted by atomic mass is 16.5. The second-order valence-corrected chi connectivity index (χ2v) is 3.03. The third-order valence-corrected chi connectivity index (χ3v) is 2.05. The first-order valence-corrected chi connectivity index (χ1v) is 4.19. The van der Waals surface area contributed by atoms with Gasteiger partial charge in [0.1, 0.15) is 12.0 Å². The van der Waals surface area contributed by atoms with Crippen molar-refractivity contribution in [2.75, 3.05) is 5.73 Å². The van der Waals surface area contributed by atoms with Crippen molar-refractivity contribution in [2.45, 2.75) is 13.8 Å². The number of hydrogen-bond donors (Lipinski definition) is 1. The Morgan fingerprint density at radius 3 is 2.36 bits per heavy atom. The zero-order valence-electron chi connectivity index (χ0n) is 7.98. The van der Waals surface area contributed by atoms with Crippen LogP contribution in [0.25, 0.3) is 11.3 Å². The maximum Gasteiger partial charge on any atom is 0.193 e. The first kappa shape index (κ1) is 8.68. The summed E-state index contributed by atoms with van der Waals surface area (Å²) in [6, 6.07) is 0. The Morgan fingerprint density at radius 1 is 1.21 bits per heavy atom. The highest BCUT2D eigenvalue weighted by molar-refractivity contribution is 5.73. The Kier molecular flexibility index (Phi) is 1.92. The molecule has 0 fully saturated rings. The van der Waals surface area contributed by atoms with E-state index in [-0.39, 0.29) is 0 Å².